The molecule has 4 nitrogen and oxygen atoms in total. The van der Waals surface area contributed by atoms with Crippen molar-refractivity contribution < 1.29 is 0 Å². The number of rotatable bonds is 6. The average Bonchev–Trinajstić information content (AvgIpc) is 2.46. The zero-order valence-electron chi connectivity index (χ0n) is 14.2. The van der Waals surface area contributed by atoms with Crippen molar-refractivity contribution >= 4 is 5.95 Å². The molecule has 1 aromatic heterocycles. The number of aryl methyl sites for hydroxylation is 2. The highest BCUT2D eigenvalue weighted by Crippen LogP contribution is 2.27. The number of nitrogens with zero attached hydrogens (tertiary/aromatic N) is 3. The summed E-state index contributed by atoms with van der Waals surface area (Å²) in [5.74, 6) is 1.64. The molecule has 1 heterocycles. The summed E-state index contributed by atoms with van der Waals surface area (Å²) in [7, 11) is 0. The Morgan fingerprint density at radius 3 is 2.57 bits per heavy atom. The van der Waals surface area contributed by atoms with Gasteiger partial charge < -0.3 is 10.2 Å². The molecule has 0 radical (unpaired) electrons. The summed E-state index contributed by atoms with van der Waals surface area (Å²) in [6.07, 6.45) is 3.46. The van der Waals surface area contributed by atoms with E-state index < -0.39 is 0 Å². The Balaban J connectivity index is 2.14. The van der Waals surface area contributed by atoms with Gasteiger partial charge >= 0.3 is 0 Å². The number of hydrogen-bond acceptors (Lipinski definition) is 4. The summed E-state index contributed by atoms with van der Waals surface area (Å²) in [5.41, 5.74) is 3.86. The van der Waals surface area contributed by atoms with Crippen molar-refractivity contribution in [2.75, 3.05) is 24.5 Å². The van der Waals surface area contributed by atoms with Gasteiger partial charge in [-0.15, -0.1) is 0 Å². The molecule has 1 atom stereocenters. The van der Waals surface area contributed by atoms with E-state index in [1.54, 1.807) is 0 Å². The summed E-state index contributed by atoms with van der Waals surface area (Å²) in [6, 6.07) is 0.564. The second kappa shape index (κ2) is 7.21. The number of hydrogen-bond donors (Lipinski definition) is 1. The maximum absolute atomic E-state index is 4.84. The normalized spacial score (nSPS) is 17.9. The topological polar surface area (TPSA) is 41.1 Å². The number of fused-ring (bicyclic) bond motifs is 1. The zero-order valence-corrected chi connectivity index (χ0v) is 14.2. The average molecular weight is 290 g/mol. The summed E-state index contributed by atoms with van der Waals surface area (Å²) >= 11 is 0. The predicted octanol–water partition coefficient (Wildman–Crippen LogP) is 2.73. The summed E-state index contributed by atoms with van der Waals surface area (Å²) in [5, 5.41) is 3.56. The third kappa shape index (κ3) is 3.94. The van der Waals surface area contributed by atoms with Crippen molar-refractivity contribution in [3.63, 3.8) is 0 Å². The van der Waals surface area contributed by atoms with E-state index in [1.807, 2.05) is 0 Å². The van der Waals surface area contributed by atoms with Crippen LogP contribution in [0.3, 0.4) is 0 Å². The minimum Gasteiger partial charge on any atom is -0.341 e. The third-order valence-electron chi connectivity index (χ3n) is 4.43. The molecule has 0 aliphatic heterocycles. The summed E-state index contributed by atoms with van der Waals surface area (Å²) in [6.45, 7) is 13.9. The van der Waals surface area contributed by atoms with Crippen LogP contribution in [0.25, 0.3) is 0 Å². The molecule has 4 heteroatoms. The van der Waals surface area contributed by atoms with Crippen molar-refractivity contribution in [2.24, 2.45) is 5.92 Å². The quantitative estimate of drug-likeness (QED) is 0.874. The van der Waals surface area contributed by atoms with Crippen LogP contribution in [0.15, 0.2) is 0 Å². The molecular weight excluding hydrogens is 260 g/mol. The Morgan fingerprint density at radius 1 is 1.24 bits per heavy atom. The van der Waals surface area contributed by atoms with Crippen LogP contribution >= 0.6 is 0 Å². The van der Waals surface area contributed by atoms with E-state index in [-0.39, 0.29) is 0 Å². The molecule has 0 fully saturated rings. The van der Waals surface area contributed by atoms with E-state index >= 15 is 0 Å². The first-order valence-corrected chi connectivity index (χ1v) is 8.39. The number of nitrogens with one attached hydrogen (secondary N) is 1. The van der Waals surface area contributed by atoms with E-state index in [2.05, 4.69) is 44.8 Å². The first-order chi connectivity index (χ1) is 10.0. The van der Waals surface area contributed by atoms with Crippen molar-refractivity contribution in [3.05, 3.63) is 17.0 Å². The molecule has 118 valence electrons. The monoisotopic (exact) mass is 290 g/mol. The van der Waals surface area contributed by atoms with Gasteiger partial charge in [-0.05, 0) is 58.1 Å². The van der Waals surface area contributed by atoms with Crippen LogP contribution in [-0.2, 0) is 12.8 Å². The van der Waals surface area contributed by atoms with Crippen LogP contribution in [0.4, 0.5) is 5.95 Å². The maximum atomic E-state index is 4.84. The second-order valence-electron chi connectivity index (χ2n) is 6.38. The van der Waals surface area contributed by atoms with Crippen LogP contribution < -0.4 is 10.2 Å². The lowest BCUT2D eigenvalue weighted by Crippen LogP contribution is -2.33. The van der Waals surface area contributed by atoms with Gasteiger partial charge in [0.2, 0.25) is 5.95 Å². The summed E-state index contributed by atoms with van der Waals surface area (Å²) in [4.78, 5) is 11.8. The van der Waals surface area contributed by atoms with Gasteiger partial charge in [-0.2, -0.15) is 0 Å². The van der Waals surface area contributed by atoms with Gasteiger partial charge in [-0.1, -0.05) is 13.8 Å². The predicted molar refractivity (Wildman–Crippen MR) is 89.0 cm³/mol. The van der Waals surface area contributed by atoms with Crippen molar-refractivity contribution in [1.29, 1.82) is 0 Å². The van der Waals surface area contributed by atoms with Crippen LogP contribution in [0.1, 0.15) is 51.1 Å². The molecule has 0 saturated carbocycles. The molecule has 0 amide bonds. The zero-order chi connectivity index (χ0) is 15.4. The molecule has 1 aromatic rings. The maximum Gasteiger partial charge on any atom is 0.225 e. The molecule has 1 aliphatic carbocycles. The van der Waals surface area contributed by atoms with Crippen molar-refractivity contribution in [1.82, 2.24) is 15.3 Å². The molecule has 1 unspecified atom stereocenters. The Hall–Kier alpha value is -1.16. The standard InChI is InChI=1S/C17H30N4/c1-6-21(7-2)17-19-13(5)15-10-14(11-18-12(3)4)8-9-16(15)20-17/h12,14,18H,6-11H2,1-5H3. The minimum atomic E-state index is 0.564. The van der Waals surface area contributed by atoms with Gasteiger partial charge in [0.05, 0.1) is 0 Å². The highest BCUT2D eigenvalue weighted by atomic mass is 15.2. The Labute approximate surface area is 129 Å². The van der Waals surface area contributed by atoms with Gasteiger partial charge in [0, 0.05) is 30.5 Å². The molecule has 0 aromatic carbocycles. The molecule has 1 N–H and O–H groups in total. The molecule has 2 rings (SSSR count). The highest BCUT2D eigenvalue weighted by molar-refractivity contribution is 5.38. The minimum absolute atomic E-state index is 0.564. The number of anilines is 1. The largest absolute Gasteiger partial charge is 0.341 e. The third-order valence-corrected chi connectivity index (χ3v) is 4.43. The molecule has 0 bridgehead atoms. The fourth-order valence-corrected chi connectivity index (χ4v) is 3.07. The Morgan fingerprint density at radius 2 is 1.95 bits per heavy atom. The first kappa shape index (κ1) is 16.2. The fraction of sp³-hybridized carbons (Fsp3) is 0.765. The van der Waals surface area contributed by atoms with E-state index in [4.69, 9.17) is 9.97 Å². The smallest absolute Gasteiger partial charge is 0.225 e. The van der Waals surface area contributed by atoms with Crippen molar-refractivity contribution in [3.8, 4) is 0 Å². The number of aromatic nitrogens is 2. The molecule has 21 heavy (non-hydrogen) atoms. The van der Waals surface area contributed by atoms with Gasteiger partial charge in [0.15, 0.2) is 0 Å². The van der Waals surface area contributed by atoms with E-state index in [9.17, 15) is 0 Å². The summed E-state index contributed by atoms with van der Waals surface area (Å²) < 4.78 is 0. The van der Waals surface area contributed by atoms with Crippen LogP contribution in [0.5, 0.6) is 0 Å². The lowest BCUT2D eigenvalue weighted by Gasteiger charge is -2.28. The van der Waals surface area contributed by atoms with Gasteiger partial charge in [0.1, 0.15) is 0 Å². The highest BCUT2D eigenvalue weighted by Gasteiger charge is 2.23. The van der Waals surface area contributed by atoms with Gasteiger partial charge in [-0.25, -0.2) is 9.97 Å². The lowest BCUT2D eigenvalue weighted by atomic mass is 9.85. The first-order valence-electron chi connectivity index (χ1n) is 8.39. The Kier molecular flexibility index (Phi) is 5.57. The van der Waals surface area contributed by atoms with Gasteiger partial charge in [-0.3, -0.25) is 0 Å². The van der Waals surface area contributed by atoms with E-state index in [0.29, 0.717) is 6.04 Å². The van der Waals surface area contributed by atoms with Crippen molar-refractivity contribution in [2.45, 2.75) is 59.9 Å². The van der Waals surface area contributed by atoms with Crippen LogP contribution in [0, 0.1) is 12.8 Å². The van der Waals surface area contributed by atoms with E-state index in [0.717, 1.165) is 44.3 Å². The lowest BCUT2D eigenvalue weighted by molar-refractivity contribution is 0.401. The van der Waals surface area contributed by atoms with Gasteiger partial charge in [0.25, 0.3) is 0 Å². The molecule has 0 spiro atoms. The Bertz CT molecular complexity index is 466. The van der Waals surface area contributed by atoms with E-state index in [1.165, 1.54) is 23.4 Å². The molecule has 0 saturated heterocycles. The van der Waals surface area contributed by atoms with Crippen LogP contribution in [-0.4, -0.2) is 35.6 Å². The molecular formula is C17H30N4. The SMILES string of the molecule is CCN(CC)c1nc(C)c2c(n1)CCC(CNC(C)C)C2. The fourth-order valence-electron chi connectivity index (χ4n) is 3.07. The van der Waals surface area contributed by atoms with Crippen LogP contribution in [0.2, 0.25) is 0 Å². The second-order valence-corrected chi connectivity index (χ2v) is 6.38. The molecule has 1 aliphatic rings.